The molecule has 0 saturated heterocycles. The minimum absolute atomic E-state index is 0.167. The van der Waals surface area contributed by atoms with Crippen molar-refractivity contribution in [1.82, 2.24) is 29.2 Å². The predicted octanol–water partition coefficient (Wildman–Crippen LogP) is 3.34. The highest BCUT2D eigenvalue weighted by Crippen LogP contribution is 2.41. The van der Waals surface area contributed by atoms with Crippen LogP contribution in [0.4, 0.5) is 0 Å². The molecule has 5 heterocycles. The van der Waals surface area contributed by atoms with Crippen molar-refractivity contribution in [1.29, 1.82) is 0 Å². The summed E-state index contributed by atoms with van der Waals surface area (Å²) in [7, 11) is 0. The Kier molecular flexibility index (Phi) is 3.35. The molecule has 0 spiro atoms. The average Bonchev–Trinajstić information content (AvgIpc) is 3.27. The van der Waals surface area contributed by atoms with E-state index in [1.165, 1.54) is 15.8 Å². The molecule has 0 unspecified atom stereocenters. The summed E-state index contributed by atoms with van der Waals surface area (Å²) >= 11 is 3.50. The summed E-state index contributed by atoms with van der Waals surface area (Å²) in [6.45, 7) is 7.09. The van der Waals surface area contributed by atoms with E-state index in [2.05, 4.69) is 45.5 Å². The quantitative estimate of drug-likeness (QED) is 0.512. The summed E-state index contributed by atoms with van der Waals surface area (Å²) in [5.74, 6) is 1.73. The van der Waals surface area contributed by atoms with E-state index in [1.807, 2.05) is 0 Å². The Balaban J connectivity index is 1.90. The highest BCUT2D eigenvalue weighted by Gasteiger charge is 2.32. The van der Waals surface area contributed by atoms with Gasteiger partial charge in [0.25, 0.3) is 5.78 Å². The smallest absolute Gasteiger partial charge is 0.260 e. The fourth-order valence-corrected chi connectivity index (χ4v) is 5.42. The molecule has 0 radical (unpaired) electrons. The standard InChI is InChI=1S/C16H18N6OS2/c1-4-5-24-15-20-19-14-21(15)13-11(12-17-8-18-22(12)14)9-6-16(2,3)23-7-10(9)25-13/h8H,4-7H2,1-3H3. The molecule has 0 aliphatic carbocycles. The molecule has 4 aromatic heterocycles. The lowest BCUT2D eigenvalue weighted by Gasteiger charge is -2.30. The molecule has 25 heavy (non-hydrogen) atoms. The summed E-state index contributed by atoms with van der Waals surface area (Å²) in [5, 5.41) is 15.3. The van der Waals surface area contributed by atoms with Crippen LogP contribution in [0.5, 0.6) is 0 Å². The normalized spacial score (nSPS) is 16.9. The van der Waals surface area contributed by atoms with Gasteiger partial charge in [0, 0.05) is 17.1 Å². The van der Waals surface area contributed by atoms with E-state index < -0.39 is 0 Å². The van der Waals surface area contributed by atoms with Gasteiger partial charge in [0.2, 0.25) is 0 Å². The minimum Gasteiger partial charge on any atom is -0.370 e. The first-order chi connectivity index (χ1) is 12.1. The highest BCUT2D eigenvalue weighted by molar-refractivity contribution is 7.99. The fraction of sp³-hybridized carbons (Fsp3) is 0.500. The maximum atomic E-state index is 6.03. The first-order valence-corrected chi connectivity index (χ1v) is 10.2. The molecule has 0 aromatic carbocycles. The second-order valence-corrected chi connectivity index (χ2v) is 9.02. The van der Waals surface area contributed by atoms with Crippen molar-refractivity contribution in [3.8, 4) is 0 Å². The average molecular weight is 374 g/mol. The van der Waals surface area contributed by atoms with Crippen molar-refractivity contribution < 1.29 is 4.74 Å². The highest BCUT2D eigenvalue weighted by atomic mass is 32.2. The predicted molar refractivity (Wildman–Crippen MR) is 98.5 cm³/mol. The molecule has 9 heteroatoms. The molecule has 7 nitrogen and oxygen atoms in total. The zero-order valence-electron chi connectivity index (χ0n) is 14.3. The van der Waals surface area contributed by atoms with Crippen LogP contribution >= 0.6 is 23.1 Å². The second-order valence-electron chi connectivity index (χ2n) is 6.87. The van der Waals surface area contributed by atoms with Gasteiger partial charge < -0.3 is 4.74 Å². The maximum Gasteiger partial charge on any atom is 0.260 e. The van der Waals surface area contributed by atoms with Gasteiger partial charge in [-0.15, -0.1) is 21.5 Å². The second kappa shape index (κ2) is 5.39. The van der Waals surface area contributed by atoms with Gasteiger partial charge in [-0.05, 0) is 25.8 Å². The number of fused-ring (bicyclic) bond motifs is 8. The van der Waals surface area contributed by atoms with E-state index in [9.17, 15) is 0 Å². The summed E-state index contributed by atoms with van der Waals surface area (Å²) in [5.41, 5.74) is 2.02. The number of thiophene rings is 1. The summed E-state index contributed by atoms with van der Waals surface area (Å²) in [6, 6.07) is 0. The molecule has 1 aliphatic rings. The third-order valence-corrected chi connectivity index (χ3v) is 6.81. The molecule has 5 rings (SSSR count). The molecule has 0 N–H and O–H groups in total. The van der Waals surface area contributed by atoms with Crippen LogP contribution in [0.3, 0.4) is 0 Å². The van der Waals surface area contributed by atoms with Crippen molar-refractivity contribution in [2.75, 3.05) is 5.75 Å². The molecular formula is C16H18N6OS2. The van der Waals surface area contributed by atoms with Crippen molar-refractivity contribution in [3.05, 3.63) is 16.8 Å². The lowest BCUT2D eigenvalue weighted by atomic mass is 9.94. The minimum atomic E-state index is -0.167. The van der Waals surface area contributed by atoms with Crippen LogP contribution in [0.25, 0.3) is 21.6 Å². The van der Waals surface area contributed by atoms with Crippen molar-refractivity contribution in [2.45, 2.75) is 51.0 Å². The Bertz CT molecular complexity index is 1110. The van der Waals surface area contributed by atoms with Crippen molar-refractivity contribution in [2.24, 2.45) is 0 Å². The third-order valence-electron chi connectivity index (χ3n) is 4.48. The first-order valence-electron chi connectivity index (χ1n) is 8.37. The van der Waals surface area contributed by atoms with Gasteiger partial charge in [-0.25, -0.2) is 9.38 Å². The van der Waals surface area contributed by atoms with Crippen LogP contribution in [0.15, 0.2) is 11.5 Å². The van der Waals surface area contributed by atoms with E-state index in [4.69, 9.17) is 4.74 Å². The number of nitrogens with zero attached hydrogens (tertiary/aromatic N) is 6. The fourth-order valence-electron chi connectivity index (χ4n) is 3.35. The van der Waals surface area contributed by atoms with Gasteiger partial charge in [0.15, 0.2) is 10.8 Å². The number of aromatic nitrogens is 6. The van der Waals surface area contributed by atoms with E-state index in [1.54, 1.807) is 33.9 Å². The summed E-state index contributed by atoms with van der Waals surface area (Å²) in [6.07, 6.45) is 3.56. The van der Waals surface area contributed by atoms with Crippen LogP contribution in [-0.4, -0.2) is 40.6 Å². The molecule has 4 aromatic rings. The first kappa shape index (κ1) is 15.5. The molecule has 0 fully saturated rings. The van der Waals surface area contributed by atoms with Gasteiger partial charge in [-0.2, -0.15) is 9.61 Å². The third kappa shape index (κ3) is 2.22. The van der Waals surface area contributed by atoms with E-state index >= 15 is 0 Å². The molecule has 0 saturated carbocycles. The Morgan fingerprint density at radius 2 is 2.24 bits per heavy atom. The summed E-state index contributed by atoms with van der Waals surface area (Å²) in [4.78, 5) is 6.94. The molecular weight excluding hydrogens is 356 g/mol. The van der Waals surface area contributed by atoms with Gasteiger partial charge in [-0.3, -0.25) is 0 Å². The molecule has 0 amide bonds. The Morgan fingerprint density at radius 1 is 1.36 bits per heavy atom. The largest absolute Gasteiger partial charge is 0.370 e. The Hall–Kier alpha value is -1.71. The summed E-state index contributed by atoms with van der Waals surface area (Å²) < 4.78 is 9.96. The maximum absolute atomic E-state index is 6.03. The number of hydrogen-bond donors (Lipinski definition) is 0. The zero-order valence-corrected chi connectivity index (χ0v) is 15.9. The van der Waals surface area contributed by atoms with E-state index in [0.717, 1.165) is 40.0 Å². The van der Waals surface area contributed by atoms with Gasteiger partial charge in [0.05, 0.1) is 17.6 Å². The molecule has 1 aliphatic heterocycles. The number of thioether (sulfide) groups is 1. The van der Waals surface area contributed by atoms with Crippen LogP contribution in [0, 0.1) is 0 Å². The number of hydrogen-bond acceptors (Lipinski definition) is 7. The van der Waals surface area contributed by atoms with Crippen LogP contribution < -0.4 is 0 Å². The Labute approximate surface area is 152 Å². The van der Waals surface area contributed by atoms with Crippen LogP contribution in [-0.2, 0) is 17.8 Å². The molecule has 0 bridgehead atoms. The lowest BCUT2D eigenvalue weighted by Crippen LogP contribution is -2.31. The van der Waals surface area contributed by atoms with E-state index in [0.29, 0.717) is 6.61 Å². The Morgan fingerprint density at radius 3 is 3.08 bits per heavy atom. The van der Waals surface area contributed by atoms with Gasteiger partial charge >= 0.3 is 0 Å². The zero-order chi connectivity index (χ0) is 17.2. The topological polar surface area (TPSA) is 69.6 Å². The molecule has 0 atom stereocenters. The van der Waals surface area contributed by atoms with Crippen LogP contribution in [0.2, 0.25) is 0 Å². The molecule has 130 valence electrons. The van der Waals surface area contributed by atoms with Gasteiger partial charge in [0.1, 0.15) is 11.2 Å². The van der Waals surface area contributed by atoms with Crippen molar-refractivity contribution >= 4 is 44.7 Å². The van der Waals surface area contributed by atoms with Crippen LogP contribution in [0.1, 0.15) is 37.6 Å². The monoisotopic (exact) mass is 374 g/mol. The van der Waals surface area contributed by atoms with Crippen molar-refractivity contribution in [3.63, 3.8) is 0 Å². The number of rotatable bonds is 3. The van der Waals surface area contributed by atoms with Gasteiger partial charge in [-0.1, -0.05) is 18.7 Å². The van der Waals surface area contributed by atoms with E-state index in [-0.39, 0.29) is 5.60 Å². The SMILES string of the molecule is CCCSc1nnc2n3ncnc3c3c4c(sc3n12)COC(C)(C)C4. The lowest BCUT2D eigenvalue weighted by molar-refractivity contribution is -0.0379. The number of ether oxygens (including phenoxy) is 1.